The Morgan fingerprint density at radius 2 is 2.35 bits per heavy atom. The second kappa shape index (κ2) is 6.37. The highest BCUT2D eigenvalue weighted by Gasteiger charge is 2.24. The molecule has 0 saturated carbocycles. The van der Waals surface area contributed by atoms with Crippen LogP contribution in [0.2, 0.25) is 0 Å². The maximum Gasteiger partial charge on any atom is 0.0975 e. The molecule has 1 aliphatic rings. The van der Waals surface area contributed by atoms with Gasteiger partial charge < -0.3 is 5.32 Å². The predicted octanol–water partition coefficient (Wildman–Crippen LogP) is 4.14. The van der Waals surface area contributed by atoms with Crippen molar-refractivity contribution in [1.29, 1.82) is 0 Å². The molecule has 0 saturated heterocycles. The molecule has 1 aromatic heterocycles. The van der Waals surface area contributed by atoms with Gasteiger partial charge in [0, 0.05) is 28.2 Å². The standard InChI is InChI=1S/C16H19BrN2S/c1-18-10-12-5-3-7-14-16(12)19-15(20-14)9-11-4-2-6-13(17)8-11/h2,4,6,8,12,18H,3,5,7,9-10H2,1H3. The highest BCUT2D eigenvalue weighted by Crippen LogP contribution is 2.35. The lowest BCUT2D eigenvalue weighted by Crippen LogP contribution is -2.21. The van der Waals surface area contributed by atoms with Gasteiger partial charge in [-0.1, -0.05) is 28.1 Å². The Bertz CT molecular complexity index is 594. The van der Waals surface area contributed by atoms with Crippen LogP contribution in [-0.4, -0.2) is 18.6 Å². The number of benzene rings is 1. The summed E-state index contributed by atoms with van der Waals surface area (Å²) < 4.78 is 1.14. The highest BCUT2D eigenvalue weighted by atomic mass is 79.9. The molecule has 1 aromatic carbocycles. The fraction of sp³-hybridized carbons (Fsp3) is 0.438. The van der Waals surface area contributed by atoms with Gasteiger partial charge in [-0.2, -0.15) is 0 Å². The van der Waals surface area contributed by atoms with E-state index in [1.54, 1.807) is 0 Å². The minimum Gasteiger partial charge on any atom is -0.319 e. The van der Waals surface area contributed by atoms with Crippen LogP contribution in [0.1, 0.15) is 39.9 Å². The van der Waals surface area contributed by atoms with Crippen LogP contribution in [0.5, 0.6) is 0 Å². The number of nitrogens with zero attached hydrogens (tertiary/aromatic N) is 1. The summed E-state index contributed by atoms with van der Waals surface area (Å²) >= 11 is 5.45. The summed E-state index contributed by atoms with van der Waals surface area (Å²) in [7, 11) is 2.03. The van der Waals surface area contributed by atoms with E-state index in [1.807, 2.05) is 18.4 Å². The molecule has 20 heavy (non-hydrogen) atoms. The van der Waals surface area contributed by atoms with Gasteiger partial charge >= 0.3 is 0 Å². The third-order valence-electron chi connectivity index (χ3n) is 3.81. The van der Waals surface area contributed by atoms with E-state index in [1.165, 1.54) is 40.4 Å². The molecule has 0 fully saturated rings. The largest absolute Gasteiger partial charge is 0.319 e. The fourth-order valence-electron chi connectivity index (χ4n) is 2.90. The van der Waals surface area contributed by atoms with E-state index in [9.17, 15) is 0 Å². The zero-order valence-corrected chi connectivity index (χ0v) is 14.1. The van der Waals surface area contributed by atoms with Gasteiger partial charge in [0.15, 0.2) is 0 Å². The number of aromatic nitrogens is 1. The van der Waals surface area contributed by atoms with E-state index < -0.39 is 0 Å². The van der Waals surface area contributed by atoms with Crippen molar-refractivity contribution < 1.29 is 0 Å². The summed E-state index contributed by atoms with van der Waals surface area (Å²) in [6.07, 6.45) is 4.74. The van der Waals surface area contributed by atoms with Crippen LogP contribution in [0.15, 0.2) is 28.7 Å². The first kappa shape index (κ1) is 14.2. The Hall–Kier alpha value is -0.710. The average molecular weight is 351 g/mol. The zero-order chi connectivity index (χ0) is 13.9. The molecule has 3 rings (SSSR count). The molecule has 0 spiro atoms. The van der Waals surface area contributed by atoms with E-state index in [2.05, 4.69) is 45.5 Å². The maximum atomic E-state index is 4.94. The van der Waals surface area contributed by atoms with Crippen molar-refractivity contribution >= 4 is 27.3 Å². The van der Waals surface area contributed by atoms with Crippen molar-refractivity contribution in [1.82, 2.24) is 10.3 Å². The summed E-state index contributed by atoms with van der Waals surface area (Å²) in [6.45, 7) is 1.05. The van der Waals surface area contributed by atoms with Crippen molar-refractivity contribution in [2.75, 3.05) is 13.6 Å². The maximum absolute atomic E-state index is 4.94. The van der Waals surface area contributed by atoms with Crippen molar-refractivity contribution in [3.63, 3.8) is 0 Å². The summed E-state index contributed by atoms with van der Waals surface area (Å²) in [5.74, 6) is 0.608. The van der Waals surface area contributed by atoms with Gasteiger partial charge in [0.1, 0.15) is 0 Å². The van der Waals surface area contributed by atoms with E-state index in [0.717, 1.165) is 17.4 Å². The molecular weight excluding hydrogens is 332 g/mol. The van der Waals surface area contributed by atoms with Crippen molar-refractivity contribution in [2.24, 2.45) is 0 Å². The topological polar surface area (TPSA) is 24.9 Å². The first-order valence-corrected chi connectivity index (χ1v) is 8.74. The SMILES string of the molecule is CNCC1CCCc2sc(Cc3cccc(Br)c3)nc21. The molecule has 1 aliphatic carbocycles. The van der Waals surface area contributed by atoms with Crippen molar-refractivity contribution in [3.05, 3.63) is 49.9 Å². The molecule has 1 atom stereocenters. The van der Waals surface area contributed by atoms with Gasteiger partial charge in [0.05, 0.1) is 10.7 Å². The van der Waals surface area contributed by atoms with Crippen LogP contribution in [-0.2, 0) is 12.8 Å². The predicted molar refractivity (Wildman–Crippen MR) is 88.7 cm³/mol. The average Bonchev–Trinajstić information content (AvgIpc) is 2.82. The molecule has 1 heterocycles. The number of hydrogen-bond acceptors (Lipinski definition) is 3. The molecule has 0 amide bonds. The van der Waals surface area contributed by atoms with Crippen molar-refractivity contribution in [3.8, 4) is 0 Å². The van der Waals surface area contributed by atoms with Crippen LogP contribution < -0.4 is 5.32 Å². The van der Waals surface area contributed by atoms with Gasteiger partial charge in [0.2, 0.25) is 0 Å². The zero-order valence-electron chi connectivity index (χ0n) is 11.7. The number of hydrogen-bond donors (Lipinski definition) is 1. The van der Waals surface area contributed by atoms with Gasteiger partial charge in [-0.05, 0) is 44.0 Å². The van der Waals surface area contributed by atoms with E-state index in [0.29, 0.717) is 5.92 Å². The van der Waals surface area contributed by atoms with Gasteiger partial charge in [-0.3, -0.25) is 0 Å². The number of fused-ring (bicyclic) bond motifs is 1. The monoisotopic (exact) mass is 350 g/mol. The third-order valence-corrected chi connectivity index (χ3v) is 5.43. The molecule has 4 heteroatoms. The summed E-state index contributed by atoms with van der Waals surface area (Å²) in [5, 5.41) is 4.56. The first-order valence-electron chi connectivity index (χ1n) is 7.14. The minimum absolute atomic E-state index is 0.608. The fourth-order valence-corrected chi connectivity index (χ4v) is 4.58. The van der Waals surface area contributed by atoms with Crippen LogP contribution >= 0.6 is 27.3 Å². The summed E-state index contributed by atoms with van der Waals surface area (Å²) in [4.78, 5) is 6.45. The highest BCUT2D eigenvalue weighted by molar-refractivity contribution is 9.10. The first-order chi connectivity index (χ1) is 9.76. The summed E-state index contributed by atoms with van der Waals surface area (Å²) in [5.41, 5.74) is 2.69. The molecular formula is C16H19BrN2S. The molecule has 2 aromatic rings. The molecule has 2 nitrogen and oxygen atoms in total. The lowest BCUT2D eigenvalue weighted by Gasteiger charge is -2.20. The Morgan fingerprint density at radius 1 is 1.45 bits per heavy atom. The Balaban J connectivity index is 1.82. The van der Waals surface area contributed by atoms with Gasteiger partial charge in [-0.25, -0.2) is 4.98 Å². The molecule has 0 bridgehead atoms. The van der Waals surface area contributed by atoms with Crippen LogP contribution in [0, 0.1) is 0 Å². The second-order valence-corrected chi connectivity index (χ2v) is 7.45. The Morgan fingerprint density at radius 3 is 3.15 bits per heavy atom. The molecule has 106 valence electrons. The lowest BCUT2D eigenvalue weighted by molar-refractivity contribution is 0.522. The number of halogens is 1. The Kier molecular flexibility index (Phi) is 4.54. The number of likely N-dealkylation sites (N-methyl/N-ethyl adjacent to an activating group) is 1. The van der Waals surface area contributed by atoms with E-state index in [-0.39, 0.29) is 0 Å². The molecule has 1 N–H and O–H groups in total. The van der Waals surface area contributed by atoms with Crippen molar-refractivity contribution in [2.45, 2.75) is 31.6 Å². The van der Waals surface area contributed by atoms with Crippen LogP contribution in [0.4, 0.5) is 0 Å². The normalized spacial score (nSPS) is 18.0. The van der Waals surface area contributed by atoms with Crippen LogP contribution in [0.3, 0.4) is 0 Å². The van der Waals surface area contributed by atoms with E-state index >= 15 is 0 Å². The second-order valence-electron chi connectivity index (χ2n) is 5.37. The number of aryl methyl sites for hydroxylation is 1. The minimum atomic E-state index is 0.608. The molecule has 1 unspecified atom stereocenters. The number of rotatable bonds is 4. The summed E-state index contributed by atoms with van der Waals surface area (Å²) in [6, 6.07) is 8.53. The Labute approximate surface area is 132 Å². The van der Waals surface area contributed by atoms with E-state index in [4.69, 9.17) is 4.98 Å². The quantitative estimate of drug-likeness (QED) is 0.896. The smallest absolute Gasteiger partial charge is 0.0975 e. The molecule has 0 radical (unpaired) electrons. The van der Waals surface area contributed by atoms with Crippen LogP contribution in [0.25, 0.3) is 0 Å². The third kappa shape index (κ3) is 3.13. The number of thiazole rings is 1. The van der Waals surface area contributed by atoms with Gasteiger partial charge in [0.25, 0.3) is 0 Å². The molecule has 0 aliphatic heterocycles. The number of nitrogens with one attached hydrogen (secondary N) is 1. The van der Waals surface area contributed by atoms with Gasteiger partial charge in [-0.15, -0.1) is 11.3 Å². The lowest BCUT2D eigenvalue weighted by atomic mass is 9.91.